The minimum absolute atomic E-state index is 0.0683. The molecule has 0 heterocycles. The summed E-state index contributed by atoms with van der Waals surface area (Å²) in [6, 6.07) is 5.50. The summed E-state index contributed by atoms with van der Waals surface area (Å²) in [4.78, 5) is 21.8. The highest BCUT2D eigenvalue weighted by Gasteiger charge is 2.40. The Balaban J connectivity index is 2.58. The fourth-order valence-corrected chi connectivity index (χ4v) is 1.26. The number of carbonyl (C=O) groups excluding carboxylic acids is 1. The van der Waals surface area contributed by atoms with Gasteiger partial charge < -0.3 is 10.4 Å². The van der Waals surface area contributed by atoms with Crippen molar-refractivity contribution in [1.82, 2.24) is 5.32 Å². The molecule has 0 spiro atoms. The Morgan fingerprint density at radius 1 is 1.26 bits per heavy atom. The molecule has 0 fully saturated rings. The number of aromatic carboxylic acids is 1. The number of nitrogens with one attached hydrogen (secondary N) is 1. The van der Waals surface area contributed by atoms with Crippen LogP contribution in [0.4, 0.5) is 13.2 Å². The van der Waals surface area contributed by atoms with Gasteiger partial charge in [0.1, 0.15) is 5.92 Å². The summed E-state index contributed by atoms with van der Waals surface area (Å²) < 4.78 is 36.7. The van der Waals surface area contributed by atoms with Crippen molar-refractivity contribution in [2.45, 2.75) is 19.6 Å². The van der Waals surface area contributed by atoms with Crippen LogP contribution in [0.25, 0.3) is 0 Å². The number of carboxylic acid groups (broad SMARTS) is 1. The summed E-state index contributed by atoms with van der Waals surface area (Å²) >= 11 is 0. The highest BCUT2D eigenvalue weighted by molar-refractivity contribution is 5.87. The monoisotopic (exact) mass is 275 g/mol. The van der Waals surface area contributed by atoms with Gasteiger partial charge in [-0.3, -0.25) is 4.79 Å². The first kappa shape index (κ1) is 15.0. The first-order valence-corrected chi connectivity index (χ1v) is 5.38. The van der Waals surface area contributed by atoms with Crippen molar-refractivity contribution in [1.29, 1.82) is 0 Å². The van der Waals surface area contributed by atoms with Crippen LogP contribution >= 0.6 is 0 Å². The molecule has 104 valence electrons. The van der Waals surface area contributed by atoms with E-state index in [4.69, 9.17) is 5.11 Å². The van der Waals surface area contributed by atoms with Crippen LogP contribution < -0.4 is 5.32 Å². The molecule has 0 aliphatic rings. The van der Waals surface area contributed by atoms with Gasteiger partial charge >= 0.3 is 12.1 Å². The molecule has 1 aromatic rings. The second kappa shape index (κ2) is 5.73. The molecule has 0 aromatic heterocycles. The smallest absolute Gasteiger partial charge is 0.400 e. The van der Waals surface area contributed by atoms with Gasteiger partial charge in [0, 0.05) is 6.54 Å². The molecular weight excluding hydrogens is 263 g/mol. The van der Waals surface area contributed by atoms with Gasteiger partial charge in [0.25, 0.3) is 0 Å². The molecule has 1 rings (SSSR count). The molecule has 19 heavy (non-hydrogen) atoms. The third-order valence-corrected chi connectivity index (χ3v) is 2.55. The Morgan fingerprint density at radius 3 is 2.21 bits per heavy atom. The third-order valence-electron chi connectivity index (χ3n) is 2.55. The van der Waals surface area contributed by atoms with Gasteiger partial charge in [-0.25, -0.2) is 4.79 Å². The first-order chi connectivity index (χ1) is 8.71. The Kier molecular flexibility index (Phi) is 4.52. The zero-order valence-corrected chi connectivity index (χ0v) is 9.99. The normalized spacial score (nSPS) is 12.8. The van der Waals surface area contributed by atoms with Crippen molar-refractivity contribution in [3.63, 3.8) is 0 Å². The summed E-state index contributed by atoms with van der Waals surface area (Å²) in [7, 11) is 0. The number of carboxylic acids is 1. The summed E-state index contributed by atoms with van der Waals surface area (Å²) in [5.41, 5.74) is 0.589. The Bertz CT molecular complexity index is 468. The third kappa shape index (κ3) is 4.27. The van der Waals surface area contributed by atoms with Crippen molar-refractivity contribution >= 4 is 11.9 Å². The fraction of sp³-hybridized carbons (Fsp3) is 0.333. The van der Waals surface area contributed by atoms with Gasteiger partial charge in [-0.2, -0.15) is 13.2 Å². The van der Waals surface area contributed by atoms with Crippen molar-refractivity contribution < 1.29 is 27.9 Å². The molecule has 0 saturated carbocycles. The molecule has 0 aliphatic carbocycles. The van der Waals surface area contributed by atoms with Crippen LogP contribution in [0.5, 0.6) is 0 Å². The minimum Gasteiger partial charge on any atom is -0.478 e. The molecule has 1 unspecified atom stereocenters. The second-order valence-corrected chi connectivity index (χ2v) is 3.98. The number of benzene rings is 1. The number of hydrogen-bond acceptors (Lipinski definition) is 2. The van der Waals surface area contributed by atoms with Gasteiger partial charge in [-0.1, -0.05) is 12.1 Å². The van der Waals surface area contributed by atoms with Crippen LogP contribution in [0, 0.1) is 5.92 Å². The van der Waals surface area contributed by atoms with Crippen molar-refractivity contribution in [2.75, 3.05) is 0 Å². The maximum atomic E-state index is 12.2. The molecule has 1 aromatic carbocycles. The minimum atomic E-state index is -4.57. The van der Waals surface area contributed by atoms with Crippen LogP contribution in [0.15, 0.2) is 24.3 Å². The number of alkyl halides is 3. The van der Waals surface area contributed by atoms with E-state index in [2.05, 4.69) is 5.32 Å². The largest absolute Gasteiger partial charge is 0.478 e. The molecule has 1 atom stereocenters. The number of halogens is 3. The highest BCUT2D eigenvalue weighted by Crippen LogP contribution is 2.25. The van der Waals surface area contributed by atoms with E-state index in [0.717, 1.165) is 6.92 Å². The molecule has 4 nitrogen and oxygen atoms in total. The average molecular weight is 275 g/mol. The highest BCUT2D eigenvalue weighted by atomic mass is 19.4. The summed E-state index contributed by atoms with van der Waals surface area (Å²) in [5, 5.41) is 10.8. The molecule has 0 aliphatic heterocycles. The van der Waals surface area contributed by atoms with Gasteiger partial charge in [0.15, 0.2) is 0 Å². The number of rotatable bonds is 4. The van der Waals surface area contributed by atoms with Crippen LogP contribution in [0.1, 0.15) is 22.8 Å². The fourth-order valence-electron chi connectivity index (χ4n) is 1.26. The van der Waals surface area contributed by atoms with Gasteiger partial charge in [0.2, 0.25) is 5.91 Å². The van der Waals surface area contributed by atoms with Crippen LogP contribution in [-0.4, -0.2) is 23.2 Å². The standard InChI is InChI=1S/C12H12F3NO3/c1-7(12(13,14)15)10(17)16-6-8-2-4-9(5-3-8)11(18)19/h2-5,7H,6H2,1H3,(H,16,17)(H,18,19). The van der Waals surface area contributed by atoms with E-state index in [1.807, 2.05) is 0 Å². The van der Waals surface area contributed by atoms with Crippen molar-refractivity contribution in [3.05, 3.63) is 35.4 Å². The van der Waals surface area contributed by atoms with E-state index >= 15 is 0 Å². The van der Waals surface area contributed by atoms with Gasteiger partial charge in [-0.05, 0) is 24.6 Å². The lowest BCUT2D eigenvalue weighted by Crippen LogP contribution is -2.37. The second-order valence-electron chi connectivity index (χ2n) is 3.98. The van der Waals surface area contributed by atoms with E-state index in [1.54, 1.807) is 0 Å². The molecular formula is C12H12F3NO3. The number of amides is 1. The molecule has 7 heteroatoms. The maximum Gasteiger partial charge on any atom is 0.400 e. The predicted molar refractivity (Wildman–Crippen MR) is 60.5 cm³/mol. The number of hydrogen-bond donors (Lipinski definition) is 2. The van der Waals surface area contributed by atoms with E-state index in [1.165, 1.54) is 24.3 Å². The van der Waals surface area contributed by atoms with Crippen molar-refractivity contribution in [2.24, 2.45) is 5.92 Å². The number of carbonyl (C=O) groups is 2. The average Bonchev–Trinajstić information content (AvgIpc) is 2.34. The Labute approximate surface area is 107 Å². The quantitative estimate of drug-likeness (QED) is 0.885. The molecule has 0 bridgehead atoms. The van der Waals surface area contributed by atoms with Crippen LogP contribution in [-0.2, 0) is 11.3 Å². The maximum absolute atomic E-state index is 12.2. The lowest BCUT2D eigenvalue weighted by molar-refractivity contribution is -0.178. The zero-order valence-electron chi connectivity index (χ0n) is 9.99. The summed E-state index contributed by atoms with van der Waals surface area (Å²) in [6.45, 7) is 0.696. The van der Waals surface area contributed by atoms with E-state index in [9.17, 15) is 22.8 Å². The summed E-state index contributed by atoms with van der Waals surface area (Å²) in [5.74, 6) is -4.29. The van der Waals surface area contributed by atoms with Gasteiger partial charge in [0.05, 0.1) is 5.56 Å². The molecule has 2 N–H and O–H groups in total. The lowest BCUT2D eigenvalue weighted by atomic mass is 10.1. The zero-order chi connectivity index (χ0) is 14.6. The van der Waals surface area contributed by atoms with E-state index < -0.39 is 24.0 Å². The Morgan fingerprint density at radius 2 is 1.79 bits per heavy atom. The molecule has 1 amide bonds. The lowest BCUT2D eigenvalue weighted by Gasteiger charge is -2.15. The van der Waals surface area contributed by atoms with E-state index in [0.29, 0.717) is 5.56 Å². The van der Waals surface area contributed by atoms with Crippen LogP contribution in [0.3, 0.4) is 0 Å². The first-order valence-electron chi connectivity index (χ1n) is 5.38. The van der Waals surface area contributed by atoms with Gasteiger partial charge in [-0.15, -0.1) is 0 Å². The Hall–Kier alpha value is -2.05. The molecule has 0 saturated heterocycles. The van der Waals surface area contributed by atoms with Crippen LogP contribution in [0.2, 0.25) is 0 Å². The predicted octanol–water partition coefficient (Wildman–Crippen LogP) is 2.20. The topological polar surface area (TPSA) is 66.4 Å². The SMILES string of the molecule is CC(C(=O)NCc1ccc(C(=O)O)cc1)C(F)(F)F. The van der Waals surface area contributed by atoms with Crippen molar-refractivity contribution in [3.8, 4) is 0 Å². The van der Waals surface area contributed by atoms with E-state index in [-0.39, 0.29) is 12.1 Å². The molecule has 0 radical (unpaired) electrons. The summed E-state index contributed by atoms with van der Waals surface area (Å²) in [6.07, 6.45) is -4.57.